The van der Waals surface area contributed by atoms with Crippen molar-refractivity contribution < 1.29 is 9.21 Å². The van der Waals surface area contributed by atoms with E-state index in [2.05, 4.69) is 9.97 Å². The van der Waals surface area contributed by atoms with Crippen molar-refractivity contribution in [3.8, 4) is 11.5 Å². The molecule has 0 spiro atoms. The molecule has 0 radical (unpaired) electrons. The highest BCUT2D eigenvalue weighted by Crippen LogP contribution is 2.24. The van der Waals surface area contributed by atoms with Gasteiger partial charge in [-0.25, -0.2) is 4.98 Å². The zero-order chi connectivity index (χ0) is 14.7. The van der Waals surface area contributed by atoms with Gasteiger partial charge in [-0.05, 0) is 42.8 Å². The summed E-state index contributed by atoms with van der Waals surface area (Å²) in [6.45, 7) is 1.83. The summed E-state index contributed by atoms with van der Waals surface area (Å²) in [4.78, 5) is 20.2. The molecule has 0 fully saturated rings. The normalized spacial score (nSPS) is 11.3. The zero-order valence-corrected chi connectivity index (χ0v) is 11.6. The number of nitrogens with zero attached hydrogens (tertiary/aromatic N) is 2. The van der Waals surface area contributed by atoms with Crippen molar-refractivity contribution in [1.29, 1.82) is 0 Å². The molecular weight excluding hydrogens is 264 g/mol. The molecule has 0 bridgehead atoms. The van der Waals surface area contributed by atoms with Gasteiger partial charge < -0.3 is 4.42 Å². The summed E-state index contributed by atoms with van der Waals surface area (Å²) >= 11 is 0. The molecule has 0 aliphatic heterocycles. The fourth-order valence-corrected chi connectivity index (χ4v) is 2.14. The quantitative estimate of drug-likeness (QED) is 0.684. The molecule has 4 heteroatoms. The number of carbonyl (C=O) groups is 1. The van der Waals surface area contributed by atoms with Gasteiger partial charge in [-0.1, -0.05) is 12.1 Å². The van der Waals surface area contributed by atoms with Crippen LogP contribution in [0, 0.1) is 0 Å². The van der Waals surface area contributed by atoms with E-state index in [4.69, 9.17) is 4.42 Å². The molecule has 0 atom stereocenters. The average molecular weight is 278 g/mol. The first kappa shape index (κ1) is 13.2. The van der Waals surface area contributed by atoms with Gasteiger partial charge in [0, 0.05) is 18.8 Å². The molecule has 0 unspecified atom stereocenters. The van der Waals surface area contributed by atoms with Gasteiger partial charge in [0.15, 0.2) is 11.4 Å². The van der Waals surface area contributed by atoms with Crippen LogP contribution in [0.2, 0.25) is 0 Å². The van der Waals surface area contributed by atoms with Crippen LogP contribution in [-0.4, -0.2) is 15.8 Å². The summed E-state index contributed by atoms with van der Waals surface area (Å²) < 4.78 is 5.71. The number of fused-ring (bicyclic) bond motifs is 1. The minimum Gasteiger partial charge on any atom is -0.436 e. The molecule has 104 valence electrons. The Morgan fingerprint density at radius 3 is 3.00 bits per heavy atom. The largest absolute Gasteiger partial charge is 0.436 e. The van der Waals surface area contributed by atoms with Gasteiger partial charge in [0.2, 0.25) is 5.89 Å². The first-order valence-electron chi connectivity index (χ1n) is 6.71. The Balaban J connectivity index is 1.94. The summed E-state index contributed by atoms with van der Waals surface area (Å²) in [6, 6.07) is 9.36. The molecule has 4 nitrogen and oxygen atoms in total. The molecule has 0 amide bonds. The number of ketones is 1. The summed E-state index contributed by atoms with van der Waals surface area (Å²) in [5, 5.41) is 0. The maximum Gasteiger partial charge on any atom is 0.228 e. The van der Waals surface area contributed by atoms with Crippen LogP contribution in [0.5, 0.6) is 0 Å². The van der Waals surface area contributed by atoms with E-state index >= 15 is 0 Å². The average Bonchev–Trinajstić information content (AvgIpc) is 2.91. The minimum absolute atomic E-state index is 0.0767. The molecule has 0 saturated heterocycles. The van der Waals surface area contributed by atoms with Crippen LogP contribution >= 0.6 is 0 Å². The molecule has 0 aliphatic carbocycles. The van der Waals surface area contributed by atoms with Crippen LogP contribution in [0.3, 0.4) is 0 Å². The van der Waals surface area contributed by atoms with E-state index in [9.17, 15) is 4.79 Å². The second kappa shape index (κ2) is 5.71. The number of hydrogen-bond acceptors (Lipinski definition) is 4. The topological polar surface area (TPSA) is 56.0 Å². The minimum atomic E-state index is 0.0767. The summed E-state index contributed by atoms with van der Waals surface area (Å²) in [5.41, 5.74) is 3.22. The Morgan fingerprint density at radius 1 is 1.33 bits per heavy atom. The van der Waals surface area contributed by atoms with E-state index in [1.807, 2.05) is 37.3 Å². The lowest BCUT2D eigenvalue weighted by atomic mass is 10.1. The van der Waals surface area contributed by atoms with Crippen molar-refractivity contribution in [2.45, 2.75) is 13.3 Å². The number of allylic oxidation sites excluding steroid dienone is 2. The standard InChI is InChI=1S/C17H14N2O2/c1-2-4-14(20)9-12-6-7-16-15(10-12)19-17(21-16)13-5-3-8-18-11-13/h2-8,10-11H,9H2,1H3/b4-2+. The second-order valence-electron chi connectivity index (χ2n) is 4.71. The Kier molecular flexibility index (Phi) is 3.60. The predicted octanol–water partition coefficient (Wildman–Crippen LogP) is 3.58. The fraction of sp³-hybridized carbons (Fsp3) is 0.118. The van der Waals surface area contributed by atoms with Gasteiger partial charge in [0.05, 0.1) is 5.56 Å². The fourth-order valence-electron chi connectivity index (χ4n) is 2.14. The third-order valence-corrected chi connectivity index (χ3v) is 3.09. The van der Waals surface area contributed by atoms with Crippen molar-refractivity contribution in [2.24, 2.45) is 0 Å². The molecule has 3 rings (SSSR count). The Hall–Kier alpha value is -2.75. The SMILES string of the molecule is C/C=C/C(=O)Cc1ccc2oc(-c3cccnc3)nc2c1. The number of carbonyl (C=O) groups excluding carboxylic acids is 1. The molecule has 0 saturated carbocycles. The van der Waals surface area contributed by atoms with E-state index in [0.29, 0.717) is 17.9 Å². The van der Waals surface area contributed by atoms with Crippen LogP contribution in [0.4, 0.5) is 0 Å². The van der Waals surface area contributed by atoms with E-state index in [-0.39, 0.29) is 5.78 Å². The lowest BCUT2D eigenvalue weighted by Gasteiger charge is -1.96. The Bertz CT molecular complexity index is 804. The van der Waals surface area contributed by atoms with Gasteiger partial charge in [-0.3, -0.25) is 9.78 Å². The first-order valence-corrected chi connectivity index (χ1v) is 6.71. The van der Waals surface area contributed by atoms with Gasteiger partial charge in [-0.15, -0.1) is 0 Å². The lowest BCUT2D eigenvalue weighted by Crippen LogP contribution is -1.97. The number of pyridine rings is 1. The highest BCUT2D eigenvalue weighted by Gasteiger charge is 2.09. The van der Waals surface area contributed by atoms with Gasteiger partial charge in [0.1, 0.15) is 5.52 Å². The van der Waals surface area contributed by atoms with Crippen molar-refractivity contribution >= 4 is 16.9 Å². The van der Waals surface area contributed by atoms with E-state index in [0.717, 1.165) is 16.6 Å². The number of hydrogen-bond donors (Lipinski definition) is 0. The van der Waals surface area contributed by atoms with Crippen LogP contribution in [0.15, 0.2) is 59.3 Å². The molecular formula is C17H14N2O2. The smallest absolute Gasteiger partial charge is 0.228 e. The summed E-state index contributed by atoms with van der Waals surface area (Å²) in [5.74, 6) is 0.614. The highest BCUT2D eigenvalue weighted by molar-refractivity contribution is 5.92. The number of rotatable bonds is 4. The summed E-state index contributed by atoms with van der Waals surface area (Å²) in [6.07, 6.45) is 7.11. The van der Waals surface area contributed by atoms with Gasteiger partial charge in [0.25, 0.3) is 0 Å². The molecule has 1 aromatic carbocycles. The first-order chi connectivity index (χ1) is 10.3. The van der Waals surface area contributed by atoms with Crippen molar-refractivity contribution in [2.75, 3.05) is 0 Å². The maximum atomic E-state index is 11.6. The van der Waals surface area contributed by atoms with Gasteiger partial charge in [-0.2, -0.15) is 0 Å². The number of oxazole rings is 1. The second-order valence-corrected chi connectivity index (χ2v) is 4.71. The van der Waals surface area contributed by atoms with Crippen LogP contribution < -0.4 is 0 Å². The zero-order valence-electron chi connectivity index (χ0n) is 11.6. The predicted molar refractivity (Wildman–Crippen MR) is 80.8 cm³/mol. The third kappa shape index (κ3) is 2.89. The van der Waals surface area contributed by atoms with Crippen molar-refractivity contribution in [3.05, 3.63) is 60.4 Å². The Morgan fingerprint density at radius 2 is 2.24 bits per heavy atom. The van der Waals surface area contributed by atoms with E-state index < -0.39 is 0 Å². The van der Waals surface area contributed by atoms with Gasteiger partial charge >= 0.3 is 0 Å². The maximum absolute atomic E-state index is 11.6. The monoisotopic (exact) mass is 278 g/mol. The van der Waals surface area contributed by atoms with Crippen LogP contribution in [0.25, 0.3) is 22.6 Å². The van der Waals surface area contributed by atoms with Crippen molar-refractivity contribution in [1.82, 2.24) is 9.97 Å². The molecule has 2 aromatic heterocycles. The lowest BCUT2D eigenvalue weighted by molar-refractivity contribution is -0.114. The molecule has 0 N–H and O–H groups in total. The van der Waals surface area contributed by atoms with Crippen LogP contribution in [-0.2, 0) is 11.2 Å². The Labute approximate surface area is 122 Å². The third-order valence-electron chi connectivity index (χ3n) is 3.09. The molecule has 3 aromatic rings. The number of benzene rings is 1. The van der Waals surface area contributed by atoms with E-state index in [1.165, 1.54) is 0 Å². The summed E-state index contributed by atoms with van der Waals surface area (Å²) in [7, 11) is 0. The molecule has 0 aliphatic rings. The number of aromatic nitrogens is 2. The highest BCUT2D eigenvalue weighted by atomic mass is 16.3. The van der Waals surface area contributed by atoms with Crippen molar-refractivity contribution in [3.63, 3.8) is 0 Å². The molecule has 21 heavy (non-hydrogen) atoms. The van der Waals surface area contributed by atoms with E-state index in [1.54, 1.807) is 24.5 Å². The van der Waals surface area contributed by atoms with Crippen LogP contribution in [0.1, 0.15) is 12.5 Å². The molecule has 2 heterocycles.